The molecule has 0 aliphatic rings. The largest absolute Gasteiger partial charge is 0.453 e. The summed E-state index contributed by atoms with van der Waals surface area (Å²) < 4.78 is 5.65. The molecule has 0 saturated carbocycles. The molecule has 11 nitrogen and oxygen atoms in total. The van der Waals surface area contributed by atoms with Gasteiger partial charge < -0.3 is 25.8 Å². The van der Waals surface area contributed by atoms with E-state index in [0.717, 1.165) is 15.6 Å². The van der Waals surface area contributed by atoms with Crippen LogP contribution in [0.2, 0.25) is 0 Å². The van der Waals surface area contributed by atoms with E-state index in [0.29, 0.717) is 13.0 Å². The zero-order valence-electron chi connectivity index (χ0n) is 28.2. The summed E-state index contributed by atoms with van der Waals surface area (Å²) >= 11 is 3.44. The molecule has 5 N–H and O–H groups in total. The number of amides is 4. The number of methoxy groups -OCH3 is 1. The minimum Gasteiger partial charge on any atom is -0.453 e. The Bertz CT molecular complexity index is 1310. The zero-order chi connectivity index (χ0) is 34.7. The number of halogens is 1. The van der Waals surface area contributed by atoms with Gasteiger partial charge in [-0.05, 0) is 46.9 Å². The minimum atomic E-state index is -1.85. The van der Waals surface area contributed by atoms with Crippen LogP contribution in [0.25, 0.3) is 0 Å². The van der Waals surface area contributed by atoms with Gasteiger partial charge in [-0.1, -0.05) is 99.9 Å². The van der Waals surface area contributed by atoms with E-state index in [9.17, 15) is 24.3 Å². The lowest BCUT2D eigenvalue weighted by Gasteiger charge is -2.35. The number of hydrazine groups is 1. The van der Waals surface area contributed by atoms with Gasteiger partial charge in [-0.3, -0.25) is 19.8 Å². The quantitative estimate of drug-likeness (QED) is 0.186. The molecule has 2 aromatic carbocycles. The van der Waals surface area contributed by atoms with Crippen molar-refractivity contribution in [2.75, 3.05) is 20.7 Å². The molecule has 0 aliphatic carbocycles. The van der Waals surface area contributed by atoms with Gasteiger partial charge in [-0.15, -0.1) is 0 Å². The third kappa shape index (κ3) is 12.0. The molecule has 0 fully saturated rings. The van der Waals surface area contributed by atoms with E-state index in [4.69, 9.17) is 4.74 Å². The van der Waals surface area contributed by atoms with Gasteiger partial charge in [0.05, 0.1) is 7.11 Å². The molecule has 0 aliphatic heterocycles. The van der Waals surface area contributed by atoms with Crippen LogP contribution in [0.4, 0.5) is 4.79 Å². The number of nitrogens with zero attached hydrogens (tertiary/aromatic N) is 1. The summed E-state index contributed by atoms with van der Waals surface area (Å²) in [6, 6.07) is 15.0. The first kappa shape index (κ1) is 38.7. The van der Waals surface area contributed by atoms with E-state index < -0.39 is 46.4 Å². The van der Waals surface area contributed by atoms with Crippen molar-refractivity contribution in [1.82, 2.24) is 26.4 Å². The van der Waals surface area contributed by atoms with Gasteiger partial charge in [0.1, 0.15) is 17.7 Å². The van der Waals surface area contributed by atoms with E-state index in [1.165, 1.54) is 14.2 Å². The normalized spacial score (nSPS) is 14.4. The average molecular weight is 705 g/mol. The highest BCUT2D eigenvalue weighted by atomic mass is 79.9. The maximum atomic E-state index is 13.8. The Morgan fingerprint density at radius 2 is 1.41 bits per heavy atom. The van der Waals surface area contributed by atoms with Crippen molar-refractivity contribution in [2.24, 2.45) is 10.8 Å². The van der Waals surface area contributed by atoms with Gasteiger partial charge in [0, 0.05) is 31.0 Å². The summed E-state index contributed by atoms with van der Waals surface area (Å²) in [5.74, 6) is -1.45. The molecule has 0 unspecified atom stereocenters. The van der Waals surface area contributed by atoms with Crippen LogP contribution in [0.3, 0.4) is 0 Å². The average Bonchev–Trinajstić information content (AvgIpc) is 2.98. The topological polar surface area (TPSA) is 149 Å². The van der Waals surface area contributed by atoms with Crippen LogP contribution in [0.5, 0.6) is 0 Å². The molecule has 3 atom stereocenters. The predicted molar refractivity (Wildman–Crippen MR) is 181 cm³/mol. The number of ether oxygens (including phenoxy) is 1. The smallest absolute Gasteiger partial charge is 0.407 e. The highest BCUT2D eigenvalue weighted by Crippen LogP contribution is 2.25. The lowest BCUT2D eigenvalue weighted by Crippen LogP contribution is -2.59. The fourth-order valence-corrected chi connectivity index (χ4v) is 5.18. The van der Waals surface area contributed by atoms with Crippen molar-refractivity contribution < 1.29 is 29.0 Å². The Labute approximate surface area is 281 Å². The number of likely N-dealkylation sites (N-methyl/N-ethyl adjacent to an activating group) is 1. The fourth-order valence-electron chi connectivity index (χ4n) is 4.92. The number of rotatable bonds is 14. The molecule has 0 bridgehead atoms. The summed E-state index contributed by atoms with van der Waals surface area (Å²) in [4.78, 5) is 52.1. The summed E-state index contributed by atoms with van der Waals surface area (Å²) in [6.45, 7) is 11.6. The van der Waals surface area contributed by atoms with E-state index in [-0.39, 0.29) is 25.3 Å². The van der Waals surface area contributed by atoms with Crippen LogP contribution in [0.1, 0.15) is 65.5 Å². The van der Waals surface area contributed by atoms with E-state index >= 15 is 0 Å². The van der Waals surface area contributed by atoms with Gasteiger partial charge in [-0.25, -0.2) is 9.80 Å². The van der Waals surface area contributed by atoms with Gasteiger partial charge in [0.2, 0.25) is 5.91 Å². The van der Waals surface area contributed by atoms with Gasteiger partial charge >= 0.3 is 6.09 Å². The van der Waals surface area contributed by atoms with Crippen LogP contribution in [-0.2, 0) is 32.1 Å². The van der Waals surface area contributed by atoms with Crippen molar-refractivity contribution in [3.05, 3.63) is 70.2 Å². The number of aliphatic hydroxyl groups is 1. The van der Waals surface area contributed by atoms with Crippen LogP contribution in [-0.4, -0.2) is 72.3 Å². The maximum absolute atomic E-state index is 13.8. The number of hydrogen-bond donors (Lipinski definition) is 5. The summed E-state index contributed by atoms with van der Waals surface area (Å²) in [5.41, 5.74) is 1.50. The first-order valence-corrected chi connectivity index (χ1v) is 16.1. The number of carbonyl (C=O) groups excluding carboxylic acids is 4. The van der Waals surface area contributed by atoms with Gasteiger partial charge in [0.15, 0.2) is 0 Å². The van der Waals surface area contributed by atoms with Crippen LogP contribution in [0.15, 0.2) is 59.1 Å². The molecule has 0 heterocycles. The number of nitrogens with one attached hydrogen (secondary N) is 4. The highest BCUT2D eigenvalue weighted by molar-refractivity contribution is 9.10. The van der Waals surface area contributed by atoms with Crippen LogP contribution in [0, 0.1) is 10.8 Å². The lowest BCUT2D eigenvalue weighted by molar-refractivity contribution is -0.145. The molecular formula is C34H50BrN5O6. The van der Waals surface area contributed by atoms with Crippen molar-refractivity contribution in [1.29, 1.82) is 0 Å². The number of carbonyl (C=O) groups is 4. The molecule has 4 amide bonds. The predicted octanol–water partition coefficient (Wildman–Crippen LogP) is 4.08. The van der Waals surface area contributed by atoms with Crippen molar-refractivity contribution in [3.8, 4) is 0 Å². The summed E-state index contributed by atoms with van der Waals surface area (Å²) in [5, 5.41) is 21.6. The zero-order valence-corrected chi connectivity index (χ0v) is 29.8. The Balaban J connectivity index is 2.35. The molecule has 254 valence electrons. The second-order valence-electron chi connectivity index (χ2n) is 13.6. The third-order valence-corrected chi connectivity index (χ3v) is 8.09. The molecule has 2 aromatic rings. The first-order chi connectivity index (χ1) is 21.4. The van der Waals surface area contributed by atoms with Crippen molar-refractivity contribution >= 4 is 39.7 Å². The minimum absolute atomic E-state index is 0.0263. The monoisotopic (exact) mass is 703 g/mol. The molecule has 2 rings (SSSR count). The molecule has 0 aromatic heterocycles. The summed E-state index contributed by atoms with van der Waals surface area (Å²) in [6.07, 6.45) is -0.359. The molecule has 0 saturated heterocycles. The second-order valence-corrected chi connectivity index (χ2v) is 14.6. The van der Waals surface area contributed by atoms with Crippen molar-refractivity contribution in [3.63, 3.8) is 0 Å². The van der Waals surface area contributed by atoms with Crippen LogP contribution >= 0.6 is 15.9 Å². The second kappa shape index (κ2) is 16.9. The van der Waals surface area contributed by atoms with E-state index in [1.807, 2.05) is 96.1 Å². The van der Waals surface area contributed by atoms with E-state index in [2.05, 4.69) is 37.3 Å². The molecule has 46 heavy (non-hydrogen) atoms. The Morgan fingerprint density at radius 3 is 1.93 bits per heavy atom. The Morgan fingerprint density at radius 1 is 0.848 bits per heavy atom. The third-order valence-electron chi connectivity index (χ3n) is 7.56. The fraction of sp³-hybridized carbons (Fsp3) is 0.529. The number of alkyl carbamates (subject to hydrolysis) is 1. The SMILES string of the molecule is CNC(=O)[C@@H](NC(=O)[C@](O)(CCCN(Cc1ccc(Br)cc1)NC(=O)[C@@H](NC(=O)OC)C(C)(C)C)Cc1ccccc1)C(C)(C)C. The van der Waals surface area contributed by atoms with E-state index in [1.54, 1.807) is 5.01 Å². The molecule has 0 spiro atoms. The first-order valence-electron chi connectivity index (χ1n) is 15.3. The molecule has 0 radical (unpaired) electrons. The highest BCUT2D eigenvalue weighted by Gasteiger charge is 2.41. The van der Waals surface area contributed by atoms with Crippen LogP contribution < -0.4 is 21.4 Å². The number of hydrogen-bond acceptors (Lipinski definition) is 7. The Kier molecular flexibility index (Phi) is 14.2. The lowest BCUT2D eigenvalue weighted by atomic mass is 9.84. The summed E-state index contributed by atoms with van der Waals surface area (Å²) in [7, 11) is 2.74. The standard InChI is InChI=1S/C34H50BrN5O6/c1-32(2,3)26(28(41)36-7)37-30(43)34(45,21-23-13-10-9-11-14-23)19-12-20-40(22-24-15-17-25(35)18-16-24)39-29(42)27(33(4,5)6)38-31(44)46-8/h9-11,13-18,26-27,45H,12,19-22H2,1-8H3,(H,36,41)(H,37,43)(H,38,44)(H,39,42)/t26-,27-,34+/m1/s1. The molecular weight excluding hydrogens is 654 g/mol. The van der Waals surface area contributed by atoms with Gasteiger partial charge in [-0.2, -0.15) is 0 Å². The Hall–Kier alpha value is -3.48. The maximum Gasteiger partial charge on any atom is 0.407 e. The molecule has 12 heteroatoms. The number of benzene rings is 2. The van der Waals surface area contributed by atoms with Crippen molar-refractivity contribution in [2.45, 2.75) is 85.0 Å². The van der Waals surface area contributed by atoms with Gasteiger partial charge in [0.25, 0.3) is 11.8 Å².